The fourth-order valence-corrected chi connectivity index (χ4v) is 8.53. The molecular formula is C48H57FN6O6. The first-order chi connectivity index (χ1) is 29.4. The van der Waals surface area contributed by atoms with Crippen molar-refractivity contribution in [2.75, 3.05) is 44.9 Å². The molecule has 2 aliphatic heterocycles. The van der Waals surface area contributed by atoms with Crippen molar-refractivity contribution in [3.63, 3.8) is 0 Å². The van der Waals surface area contributed by atoms with E-state index in [1.807, 2.05) is 69.8 Å². The lowest BCUT2D eigenvalue weighted by Gasteiger charge is -2.31. The largest absolute Gasteiger partial charge is 0.486 e. The number of fused-ring (bicyclic) bond motifs is 2. The van der Waals surface area contributed by atoms with Crippen molar-refractivity contribution in [1.82, 2.24) is 24.6 Å². The first kappa shape index (κ1) is 42.2. The average Bonchev–Trinajstić information content (AvgIpc) is 3.84. The van der Waals surface area contributed by atoms with E-state index in [4.69, 9.17) is 45.2 Å². The number of likely N-dealkylation sites (tertiary alicyclic amines) is 1. The van der Waals surface area contributed by atoms with E-state index in [0.29, 0.717) is 60.0 Å². The zero-order valence-corrected chi connectivity index (χ0v) is 36.4. The summed E-state index contributed by atoms with van der Waals surface area (Å²) in [6.07, 6.45) is 12.1. The van der Waals surface area contributed by atoms with Crippen LogP contribution in [0.2, 0.25) is 0 Å². The fraction of sp³-hybridized carbons (Fsp3) is 0.500. The van der Waals surface area contributed by atoms with Crippen LogP contribution in [0.3, 0.4) is 0 Å². The number of anilines is 1. The third kappa shape index (κ3) is 8.84. The van der Waals surface area contributed by atoms with Gasteiger partial charge in [0, 0.05) is 72.9 Å². The zero-order valence-electron chi connectivity index (χ0n) is 36.4. The third-order valence-electron chi connectivity index (χ3n) is 12.0. The lowest BCUT2D eigenvalue weighted by molar-refractivity contribution is -0.0366. The average molecular weight is 833 g/mol. The Kier molecular flexibility index (Phi) is 12.1. The van der Waals surface area contributed by atoms with Crippen molar-refractivity contribution >= 4 is 33.7 Å². The smallest absolute Gasteiger partial charge is 0.410 e. The Labute approximate surface area is 357 Å². The van der Waals surface area contributed by atoms with Gasteiger partial charge in [-0.25, -0.2) is 13.9 Å². The zero-order chi connectivity index (χ0) is 43.0. The van der Waals surface area contributed by atoms with Crippen LogP contribution in [0, 0.1) is 25.1 Å². The van der Waals surface area contributed by atoms with Gasteiger partial charge in [-0.15, -0.1) is 6.42 Å². The van der Waals surface area contributed by atoms with E-state index in [1.54, 1.807) is 18.1 Å². The Hall–Kier alpha value is -5.45. The number of likely N-dealkylation sites (N-methyl/N-ethyl adjacent to an activating group) is 1. The van der Waals surface area contributed by atoms with Crippen LogP contribution in [0.1, 0.15) is 108 Å². The second-order valence-electron chi connectivity index (χ2n) is 17.5. The molecule has 1 aliphatic carbocycles. The number of nitrogens with zero attached hydrogens (tertiary/aromatic N) is 6. The second-order valence-corrected chi connectivity index (χ2v) is 17.5. The van der Waals surface area contributed by atoms with Gasteiger partial charge in [-0.3, -0.25) is 0 Å². The molecule has 5 aromatic rings. The second kappa shape index (κ2) is 17.5. The van der Waals surface area contributed by atoms with Crippen LogP contribution in [0.5, 0.6) is 11.8 Å². The SMILES string of the molecule is C#Cc1ccc(COc2c(-c3c(C)c(F)cc4c3cnn4C3CCCCO3)c(C3CC3)cc3c(N(CC)[C@H]4CCN(C(=O)OC(C)(C)C)C4)nc(OC[C@H](C)OC)nc23)cc1. The van der Waals surface area contributed by atoms with Crippen LogP contribution < -0.4 is 14.4 Å². The molecule has 1 saturated carbocycles. The van der Waals surface area contributed by atoms with E-state index in [0.717, 1.165) is 71.6 Å². The summed E-state index contributed by atoms with van der Waals surface area (Å²) in [4.78, 5) is 27.5. The Morgan fingerprint density at radius 3 is 2.52 bits per heavy atom. The van der Waals surface area contributed by atoms with E-state index < -0.39 is 5.60 Å². The van der Waals surface area contributed by atoms with E-state index >= 15 is 4.39 Å². The molecule has 2 aromatic heterocycles. The van der Waals surface area contributed by atoms with Gasteiger partial charge in [0.05, 0.1) is 17.8 Å². The molecule has 4 heterocycles. The minimum absolute atomic E-state index is 0.0672. The van der Waals surface area contributed by atoms with Gasteiger partial charge in [0.2, 0.25) is 0 Å². The van der Waals surface area contributed by atoms with Crippen LogP contribution >= 0.6 is 0 Å². The molecule has 1 amide bonds. The minimum atomic E-state index is -0.612. The number of methoxy groups -OCH3 is 1. The highest BCUT2D eigenvalue weighted by Gasteiger charge is 2.37. The number of halogens is 1. The maximum absolute atomic E-state index is 16.5. The number of amides is 1. The van der Waals surface area contributed by atoms with E-state index in [1.165, 1.54) is 0 Å². The first-order valence-electron chi connectivity index (χ1n) is 21.6. The van der Waals surface area contributed by atoms with Gasteiger partial charge >= 0.3 is 12.1 Å². The number of terminal acetylenes is 1. The van der Waals surface area contributed by atoms with Gasteiger partial charge in [0.1, 0.15) is 36.0 Å². The molecular weight excluding hydrogens is 776 g/mol. The normalized spacial score (nSPS) is 18.6. The highest BCUT2D eigenvalue weighted by atomic mass is 19.1. The summed E-state index contributed by atoms with van der Waals surface area (Å²) >= 11 is 0. The predicted octanol–water partition coefficient (Wildman–Crippen LogP) is 9.48. The van der Waals surface area contributed by atoms with Crippen molar-refractivity contribution < 1.29 is 32.9 Å². The molecule has 8 rings (SSSR count). The summed E-state index contributed by atoms with van der Waals surface area (Å²) in [7, 11) is 1.63. The quantitative estimate of drug-likeness (QED) is 0.106. The molecule has 13 heteroatoms. The van der Waals surface area contributed by atoms with E-state index in [2.05, 4.69) is 23.8 Å². The lowest BCUT2D eigenvalue weighted by atomic mass is 9.88. The van der Waals surface area contributed by atoms with Crippen LogP contribution in [-0.4, -0.2) is 88.4 Å². The molecule has 0 bridgehead atoms. The molecule has 61 heavy (non-hydrogen) atoms. The summed E-state index contributed by atoms with van der Waals surface area (Å²) in [5, 5.41) is 6.43. The van der Waals surface area contributed by atoms with Crippen molar-refractivity contribution in [2.45, 2.75) is 117 Å². The summed E-state index contributed by atoms with van der Waals surface area (Å²) < 4.78 is 49.2. The Balaban J connectivity index is 1.35. The molecule has 0 radical (unpaired) electrons. The van der Waals surface area contributed by atoms with E-state index in [-0.39, 0.29) is 55.4 Å². The number of aromatic nitrogens is 4. The molecule has 3 aromatic carbocycles. The van der Waals surface area contributed by atoms with Crippen molar-refractivity contribution in [3.8, 4) is 35.2 Å². The Morgan fingerprint density at radius 1 is 1.07 bits per heavy atom. The number of carbonyl (C=O) groups excluding carboxylic acids is 1. The molecule has 0 spiro atoms. The summed E-state index contributed by atoms with van der Waals surface area (Å²) in [5.74, 6) is 3.72. The Bertz CT molecular complexity index is 2450. The maximum Gasteiger partial charge on any atom is 0.410 e. The van der Waals surface area contributed by atoms with E-state index in [9.17, 15) is 4.79 Å². The number of carbonyl (C=O) groups is 1. The molecule has 12 nitrogen and oxygen atoms in total. The standard InChI is InChI=1S/C48H57FN6O6/c1-9-31-14-16-32(17-15-31)28-59-44-42(41-30(4)38(49)24-39-37(41)25-50-55(39)40-13-11-12-22-58-40)35(33-18-19-33)23-36-43(44)51-46(60-27-29(3)57-8)52-45(36)54(10-2)34-20-21-53(26-34)47(56)61-48(5,6)7/h1,14-17,23-25,29,33-34,40H,10-13,18-22,26-28H2,2-8H3/t29-,34-,40?/m0/s1. The number of benzene rings is 3. The van der Waals surface area contributed by atoms with Gasteiger partial charge in [-0.2, -0.15) is 15.1 Å². The van der Waals surface area contributed by atoms with Gasteiger partial charge in [-0.05, 0) is 121 Å². The molecule has 2 saturated heterocycles. The lowest BCUT2D eigenvalue weighted by Crippen LogP contribution is -2.41. The Morgan fingerprint density at radius 2 is 1.85 bits per heavy atom. The van der Waals surface area contributed by atoms with Gasteiger partial charge in [0.15, 0.2) is 12.0 Å². The minimum Gasteiger partial charge on any atom is -0.486 e. The molecule has 1 unspecified atom stereocenters. The summed E-state index contributed by atoms with van der Waals surface area (Å²) in [5.41, 5.74) is 5.27. The highest BCUT2D eigenvalue weighted by molar-refractivity contribution is 6.06. The maximum atomic E-state index is 16.5. The van der Waals surface area contributed by atoms with Gasteiger partial charge in [-0.1, -0.05) is 18.1 Å². The molecule has 3 fully saturated rings. The first-order valence-corrected chi connectivity index (χ1v) is 21.6. The number of rotatable bonds is 13. The number of hydrogen-bond acceptors (Lipinski definition) is 10. The van der Waals surface area contributed by atoms with Gasteiger partial charge in [0.25, 0.3) is 0 Å². The van der Waals surface area contributed by atoms with Crippen molar-refractivity contribution in [1.29, 1.82) is 0 Å². The highest BCUT2D eigenvalue weighted by Crippen LogP contribution is 2.53. The van der Waals surface area contributed by atoms with Crippen LogP contribution in [0.4, 0.5) is 15.0 Å². The number of hydrogen-bond donors (Lipinski definition) is 0. The topological polar surface area (TPSA) is 113 Å². The molecule has 0 N–H and O–H groups in total. The molecule has 322 valence electrons. The van der Waals surface area contributed by atoms with Crippen molar-refractivity contribution in [3.05, 3.63) is 70.7 Å². The molecule has 3 aliphatic rings. The molecule has 3 atom stereocenters. The number of ether oxygens (including phenoxy) is 5. The van der Waals surface area contributed by atoms with Crippen LogP contribution in [0.15, 0.2) is 42.6 Å². The van der Waals surface area contributed by atoms with Crippen molar-refractivity contribution in [2.24, 2.45) is 0 Å². The summed E-state index contributed by atoms with van der Waals surface area (Å²) in [6, 6.07) is 11.5. The van der Waals surface area contributed by atoms with Crippen LogP contribution in [-0.2, 0) is 20.8 Å². The van der Waals surface area contributed by atoms with Gasteiger partial charge < -0.3 is 33.5 Å². The monoisotopic (exact) mass is 832 g/mol. The fourth-order valence-electron chi connectivity index (χ4n) is 8.53. The third-order valence-corrected chi connectivity index (χ3v) is 12.0. The summed E-state index contributed by atoms with van der Waals surface area (Å²) in [6.45, 7) is 14.1. The predicted molar refractivity (Wildman–Crippen MR) is 234 cm³/mol. The van der Waals surface area contributed by atoms with Crippen LogP contribution in [0.25, 0.3) is 32.9 Å².